The van der Waals surface area contributed by atoms with Crippen molar-refractivity contribution < 1.29 is 27.5 Å². The third kappa shape index (κ3) is 7.62. The summed E-state index contributed by atoms with van der Waals surface area (Å²) in [4.78, 5) is 35.2. The SMILES string of the molecule is CC(=O)Oc1cccc(C(=O)NCCNC(=O)c2ccc(NS(C)(=O)=O)cc2)c1. The van der Waals surface area contributed by atoms with Crippen molar-refractivity contribution in [3.8, 4) is 5.75 Å². The topological polar surface area (TPSA) is 131 Å². The predicted molar refractivity (Wildman–Crippen MR) is 107 cm³/mol. The molecular weight excluding hydrogens is 398 g/mol. The zero-order chi connectivity index (χ0) is 21.4. The summed E-state index contributed by atoms with van der Waals surface area (Å²) in [5.41, 5.74) is 1.03. The summed E-state index contributed by atoms with van der Waals surface area (Å²) in [7, 11) is -3.38. The highest BCUT2D eigenvalue weighted by molar-refractivity contribution is 7.92. The average Bonchev–Trinajstić information content (AvgIpc) is 2.64. The standard InChI is InChI=1S/C19H21N3O6S/c1-13(23)28-17-5-3-4-15(12-17)19(25)21-11-10-20-18(24)14-6-8-16(9-7-14)22-29(2,26)27/h3-9,12,22H,10-11H2,1-2H3,(H,20,24)(H,21,25). The lowest BCUT2D eigenvalue weighted by Crippen LogP contribution is -2.34. The van der Waals surface area contributed by atoms with Crippen LogP contribution in [0.3, 0.4) is 0 Å². The fourth-order valence-corrected chi connectivity index (χ4v) is 2.89. The molecule has 29 heavy (non-hydrogen) atoms. The number of amides is 2. The molecule has 0 fully saturated rings. The number of rotatable bonds is 8. The fraction of sp³-hybridized carbons (Fsp3) is 0.211. The number of carbonyl (C=O) groups is 3. The van der Waals surface area contributed by atoms with Crippen molar-refractivity contribution in [1.82, 2.24) is 10.6 Å². The molecule has 0 saturated carbocycles. The summed E-state index contributed by atoms with van der Waals surface area (Å²) in [5, 5.41) is 5.30. The highest BCUT2D eigenvalue weighted by Gasteiger charge is 2.09. The van der Waals surface area contributed by atoms with Gasteiger partial charge in [-0.05, 0) is 42.5 Å². The molecule has 2 rings (SSSR count). The van der Waals surface area contributed by atoms with Gasteiger partial charge >= 0.3 is 5.97 Å². The van der Waals surface area contributed by atoms with E-state index in [4.69, 9.17) is 4.74 Å². The van der Waals surface area contributed by atoms with Gasteiger partial charge in [0.1, 0.15) is 5.75 Å². The maximum absolute atomic E-state index is 12.1. The van der Waals surface area contributed by atoms with Gasteiger partial charge in [0.2, 0.25) is 10.0 Å². The summed E-state index contributed by atoms with van der Waals surface area (Å²) in [6.07, 6.45) is 1.04. The van der Waals surface area contributed by atoms with Crippen LogP contribution in [0.15, 0.2) is 48.5 Å². The molecule has 2 aromatic rings. The second-order valence-electron chi connectivity index (χ2n) is 6.08. The van der Waals surface area contributed by atoms with E-state index >= 15 is 0 Å². The number of sulfonamides is 1. The molecule has 0 saturated heterocycles. The van der Waals surface area contributed by atoms with E-state index in [0.29, 0.717) is 16.8 Å². The van der Waals surface area contributed by atoms with Crippen LogP contribution >= 0.6 is 0 Å². The van der Waals surface area contributed by atoms with Gasteiger partial charge in [-0.15, -0.1) is 0 Å². The summed E-state index contributed by atoms with van der Waals surface area (Å²) in [6.45, 7) is 1.65. The van der Waals surface area contributed by atoms with E-state index in [1.165, 1.54) is 37.3 Å². The third-order valence-corrected chi connectivity index (χ3v) is 4.11. The van der Waals surface area contributed by atoms with Crippen molar-refractivity contribution >= 4 is 33.5 Å². The minimum atomic E-state index is -3.38. The van der Waals surface area contributed by atoms with E-state index in [1.807, 2.05) is 0 Å². The first-order valence-corrected chi connectivity index (χ1v) is 10.5. The van der Waals surface area contributed by atoms with Gasteiger partial charge in [0.25, 0.3) is 11.8 Å². The van der Waals surface area contributed by atoms with Crippen LogP contribution in [0.2, 0.25) is 0 Å². The minimum Gasteiger partial charge on any atom is -0.427 e. The molecule has 2 aromatic carbocycles. The van der Waals surface area contributed by atoms with Crippen molar-refractivity contribution in [1.29, 1.82) is 0 Å². The lowest BCUT2D eigenvalue weighted by Gasteiger charge is -2.09. The molecule has 0 bridgehead atoms. The molecule has 2 amide bonds. The van der Waals surface area contributed by atoms with Crippen LogP contribution < -0.4 is 20.1 Å². The number of hydrogen-bond donors (Lipinski definition) is 3. The first-order chi connectivity index (χ1) is 13.6. The van der Waals surface area contributed by atoms with Crippen molar-refractivity contribution in [3.05, 3.63) is 59.7 Å². The zero-order valence-corrected chi connectivity index (χ0v) is 16.7. The molecule has 0 heterocycles. The number of esters is 1. The normalized spacial score (nSPS) is 10.7. The van der Waals surface area contributed by atoms with Gasteiger partial charge in [0.15, 0.2) is 0 Å². The number of ether oxygens (including phenoxy) is 1. The molecule has 0 aliphatic carbocycles. The smallest absolute Gasteiger partial charge is 0.308 e. The quantitative estimate of drug-likeness (QED) is 0.334. The van der Waals surface area contributed by atoms with Crippen LogP contribution in [0, 0.1) is 0 Å². The molecular formula is C19H21N3O6S. The third-order valence-electron chi connectivity index (χ3n) is 3.50. The molecule has 9 nitrogen and oxygen atoms in total. The van der Waals surface area contributed by atoms with Gasteiger partial charge in [0.05, 0.1) is 6.26 Å². The Balaban J connectivity index is 1.80. The second kappa shape index (κ2) is 9.69. The van der Waals surface area contributed by atoms with E-state index < -0.39 is 16.0 Å². The summed E-state index contributed by atoms with van der Waals surface area (Å²) in [5.74, 6) is -0.941. The average molecular weight is 419 g/mol. The predicted octanol–water partition coefficient (Wildman–Crippen LogP) is 1.14. The molecule has 0 aliphatic heterocycles. The van der Waals surface area contributed by atoms with Crippen molar-refractivity contribution in [2.75, 3.05) is 24.1 Å². The van der Waals surface area contributed by atoms with Crippen molar-refractivity contribution in [3.63, 3.8) is 0 Å². The molecule has 154 valence electrons. The van der Waals surface area contributed by atoms with E-state index in [9.17, 15) is 22.8 Å². The first kappa shape index (κ1) is 21.9. The van der Waals surface area contributed by atoms with Crippen molar-refractivity contribution in [2.45, 2.75) is 6.92 Å². The van der Waals surface area contributed by atoms with Crippen LogP contribution in [0.4, 0.5) is 5.69 Å². The van der Waals surface area contributed by atoms with Crippen molar-refractivity contribution in [2.24, 2.45) is 0 Å². The van der Waals surface area contributed by atoms with Gasteiger partial charge in [-0.25, -0.2) is 8.42 Å². The Morgan fingerprint density at radius 1 is 0.897 bits per heavy atom. The van der Waals surface area contributed by atoms with Gasteiger partial charge in [-0.1, -0.05) is 6.07 Å². The lowest BCUT2D eigenvalue weighted by atomic mass is 10.2. The second-order valence-corrected chi connectivity index (χ2v) is 7.83. The van der Waals surface area contributed by atoms with Gasteiger partial charge < -0.3 is 15.4 Å². The maximum Gasteiger partial charge on any atom is 0.308 e. The monoisotopic (exact) mass is 419 g/mol. The molecule has 0 spiro atoms. The highest BCUT2D eigenvalue weighted by Crippen LogP contribution is 2.13. The van der Waals surface area contributed by atoms with E-state index in [2.05, 4.69) is 15.4 Å². The Kier molecular flexibility index (Phi) is 7.32. The summed E-state index contributed by atoms with van der Waals surface area (Å²) in [6, 6.07) is 12.1. The molecule has 0 aromatic heterocycles. The van der Waals surface area contributed by atoms with Gasteiger partial charge in [-0.2, -0.15) is 0 Å². The Morgan fingerprint density at radius 3 is 2.03 bits per heavy atom. The minimum absolute atomic E-state index is 0.191. The number of benzene rings is 2. The molecule has 0 radical (unpaired) electrons. The number of anilines is 1. The molecule has 3 N–H and O–H groups in total. The summed E-state index contributed by atoms with van der Waals surface area (Å²) < 4.78 is 29.6. The van der Waals surface area contributed by atoms with Crippen LogP contribution in [-0.2, 0) is 14.8 Å². The van der Waals surface area contributed by atoms with Gasteiger partial charge in [0, 0.05) is 36.8 Å². The Hall–Kier alpha value is -3.40. The van der Waals surface area contributed by atoms with Crippen LogP contribution in [0.25, 0.3) is 0 Å². The Bertz CT molecular complexity index is 1000. The fourth-order valence-electron chi connectivity index (χ4n) is 2.33. The van der Waals surface area contributed by atoms with E-state index in [-0.39, 0.29) is 30.7 Å². The maximum atomic E-state index is 12.1. The molecule has 0 atom stereocenters. The largest absolute Gasteiger partial charge is 0.427 e. The zero-order valence-electron chi connectivity index (χ0n) is 15.9. The van der Waals surface area contributed by atoms with Crippen LogP contribution in [0.1, 0.15) is 27.6 Å². The number of nitrogens with one attached hydrogen (secondary N) is 3. The summed E-state index contributed by atoms with van der Waals surface area (Å²) >= 11 is 0. The first-order valence-electron chi connectivity index (χ1n) is 8.57. The Labute approximate surface area is 168 Å². The lowest BCUT2D eigenvalue weighted by molar-refractivity contribution is -0.131. The van der Waals surface area contributed by atoms with Crippen LogP contribution in [0.5, 0.6) is 5.75 Å². The Morgan fingerprint density at radius 2 is 1.48 bits per heavy atom. The van der Waals surface area contributed by atoms with Gasteiger partial charge in [-0.3, -0.25) is 19.1 Å². The molecule has 0 aliphatic rings. The van der Waals surface area contributed by atoms with E-state index in [0.717, 1.165) is 6.26 Å². The highest BCUT2D eigenvalue weighted by atomic mass is 32.2. The number of carbonyl (C=O) groups excluding carboxylic acids is 3. The van der Waals surface area contributed by atoms with Crippen LogP contribution in [-0.4, -0.2) is 45.5 Å². The molecule has 10 heteroatoms. The number of hydrogen-bond acceptors (Lipinski definition) is 6. The molecule has 0 unspecified atom stereocenters. The van der Waals surface area contributed by atoms with E-state index in [1.54, 1.807) is 18.2 Å².